The number of benzene rings is 1. The van der Waals surface area contributed by atoms with E-state index in [1.807, 2.05) is 27.7 Å². The fourth-order valence-electron chi connectivity index (χ4n) is 1.43. The topological polar surface area (TPSA) is 59.6 Å². The Kier molecular flexibility index (Phi) is 5.15. The number of guanidine groups is 1. The lowest BCUT2D eigenvalue weighted by Crippen LogP contribution is -2.45. The molecule has 1 atom stereocenters. The van der Waals surface area contributed by atoms with Gasteiger partial charge in [-0.1, -0.05) is 0 Å². The molecule has 0 spiro atoms. The van der Waals surface area contributed by atoms with Crippen LogP contribution in [-0.2, 0) is 0 Å². The van der Waals surface area contributed by atoms with Crippen LogP contribution in [0.15, 0.2) is 29.3 Å². The van der Waals surface area contributed by atoms with Crippen LogP contribution in [0.2, 0.25) is 0 Å². The van der Waals surface area contributed by atoms with Crippen molar-refractivity contribution in [2.24, 2.45) is 10.7 Å². The molecule has 0 radical (unpaired) electrons. The molecule has 0 heterocycles. The predicted octanol–water partition coefficient (Wildman–Crippen LogP) is 2.30. The minimum absolute atomic E-state index is 0.116. The van der Waals surface area contributed by atoms with Gasteiger partial charge in [0.2, 0.25) is 0 Å². The Bertz CT molecular complexity index is 423. The van der Waals surface area contributed by atoms with Crippen LogP contribution in [0.1, 0.15) is 27.7 Å². The van der Waals surface area contributed by atoms with Crippen molar-refractivity contribution in [1.29, 1.82) is 0 Å². The number of ether oxygens (including phenoxy) is 1. The standard InChI is InChI=1S/C14H22FN3O/c1-10(9-17-13(16)18-14(2,3)4)19-12-7-5-11(15)6-8-12/h5-8,10H,9H2,1-4H3,(H3,16,17,18). The minimum Gasteiger partial charge on any atom is -0.489 e. The van der Waals surface area contributed by atoms with E-state index in [1.165, 1.54) is 12.1 Å². The van der Waals surface area contributed by atoms with Crippen molar-refractivity contribution in [2.75, 3.05) is 6.54 Å². The molecule has 3 N–H and O–H groups in total. The van der Waals surface area contributed by atoms with Gasteiger partial charge in [-0.2, -0.15) is 0 Å². The molecule has 1 aromatic carbocycles. The molecule has 4 nitrogen and oxygen atoms in total. The number of nitrogens with zero attached hydrogens (tertiary/aromatic N) is 1. The summed E-state index contributed by atoms with van der Waals surface area (Å²) in [5, 5.41) is 3.07. The van der Waals surface area contributed by atoms with E-state index in [2.05, 4.69) is 10.3 Å². The number of nitrogens with two attached hydrogens (primary N) is 1. The molecule has 0 aliphatic heterocycles. The van der Waals surface area contributed by atoms with Crippen LogP contribution in [0.4, 0.5) is 4.39 Å². The average molecular weight is 267 g/mol. The van der Waals surface area contributed by atoms with E-state index in [-0.39, 0.29) is 17.5 Å². The van der Waals surface area contributed by atoms with Gasteiger partial charge in [-0.05, 0) is 52.0 Å². The third-order valence-electron chi connectivity index (χ3n) is 2.17. The Balaban J connectivity index is 2.45. The minimum atomic E-state index is -0.281. The highest BCUT2D eigenvalue weighted by atomic mass is 19.1. The summed E-state index contributed by atoms with van der Waals surface area (Å²) >= 11 is 0. The molecular weight excluding hydrogens is 245 g/mol. The van der Waals surface area contributed by atoms with Crippen LogP contribution in [0.3, 0.4) is 0 Å². The summed E-state index contributed by atoms with van der Waals surface area (Å²) in [4.78, 5) is 4.21. The van der Waals surface area contributed by atoms with Crippen molar-refractivity contribution in [3.05, 3.63) is 30.1 Å². The summed E-state index contributed by atoms with van der Waals surface area (Å²) < 4.78 is 18.3. The molecule has 0 fully saturated rings. The summed E-state index contributed by atoms with van der Waals surface area (Å²) in [6.07, 6.45) is -0.134. The maximum absolute atomic E-state index is 12.7. The Morgan fingerprint density at radius 1 is 1.37 bits per heavy atom. The van der Waals surface area contributed by atoms with Gasteiger partial charge in [-0.3, -0.25) is 0 Å². The van der Waals surface area contributed by atoms with Crippen molar-refractivity contribution in [3.63, 3.8) is 0 Å². The Hall–Kier alpha value is -1.78. The van der Waals surface area contributed by atoms with E-state index in [4.69, 9.17) is 10.5 Å². The first kappa shape index (κ1) is 15.3. The predicted molar refractivity (Wildman–Crippen MR) is 75.9 cm³/mol. The van der Waals surface area contributed by atoms with Crippen molar-refractivity contribution >= 4 is 5.96 Å². The van der Waals surface area contributed by atoms with Gasteiger partial charge in [0.25, 0.3) is 0 Å². The van der Waals surface area contributed by atoms with Crippen LogP contribution in [0.5, 0.6) is 5.75 Å². The lowest BCUT2D eigenvalue weighted by atomic mass is 10.1. The molecule has 0 saturated heterocycles. The maximum Gasteiger partial charge on any atom is 0.189 e. The number of rotatable bonds is 4. The van der Waals surface area contributed by atoms with Gasteiger partial charge >= 0.3 is 0 Å². The Labute approximate surface area is 113 Å². The monoisotopic (exact) mass is 267 g/mol. The van der Waals surface area contributed by atoms with E-state index in [0.717, 1.165) is 0 Å². The largest absolute Gasteiger partial charge is 0.489 e. The zero-order valence-corrected chi connectivity index (χ0v) is 11.9. The summed E-state index contributed by atoms with van der Waals surface area (Å²) in [5.41, 5.74) is 5.64. The third kappa shape index (κ3) is 6.64. The van der Waals surface area contributed by atoms with Crippen molar-refractivity contribution in [1.82, 2.24) is 5.32 Å². The van der Waals surface area contributed by atoms with Crippen molar-refractivity contribution < 1.29 is 9.13 Å². The van der Waals surface area contributed by atoms with E-state index < -0.39 is 0 Å². The molecular formula is C14H22FN3O. The van der Waals surface area contributed by atoms with Crippen LogP contribution in [0.25, 0.3) is 0 Å². The molecule has 0 bridgehead atoms. The van der Waals surface area contributed by atoms with Crippen LogP contribution < -0.4 is 15.8 Å². The first-order chi connectivity index (χ1) is 8.76. The average Bonchev–Trinajstić information content (AvgIpc) is 2.27. The van der Waals surface area contributed by atoms with Gasteiger partial charge in [-0.15, -0.1) is 0 Å². The molecule has 1 rings (SSSR count). The fourth-order valence-corrected chi connectivity index (χ4v) is 1.43. The summed E-state index contributed by atoms with van der Waals surface area (Å²) in [6, 6.07) is 5.90. The van der Waals surface area contributed by atoms with E-state index in [1.54, 1.807) is 12.1 Å². The second-order valence-electron chi connectivity index (χ2n) is 5.48. The number of hydrogen-bond donors (Lipinski definition) is 2. The lowest BCUT2D eigenvalue weighted by Gasteiger charge is -2.21. The Morgan fingerprint density at radius 3 is 2.47 bits per heavy atom. The van der Waals surface area contributed by atoms with Crippen LogP contribution in [-0.4, -0.2) is 24.1 Å². The number of hydrogen-bond acceptors (Lipinski definition) is 2. The number of halogens is 1. The molecule has 0 aliphatic carbocycles. The Morgan fingerprint density at radius 2 is 1.95 bits per heavy atom. The third-order valence-corrected chi connectivity index (χ3v) is 2.17. The zero-order chi connectivity index (χ0) is 14.5. The van der Waals surface area contributed by atoms with Gasteiger partial charge in [-0.25, -0.2) is 9.38 Å². The van der Waals surface area contributed by atoms with E-state index in [0.29, 0.717) is 18.3 Å². The summed E-state index contributed by atoms with van der Waals surface area (Å²) in [6.45, 7) is 8.35. The first-order valence-corrected chi connectivity index (χ1v) is 6.26. The summed E-state index contributed by atoms with van der Waals surface area (Å²) in [5.74, 6) is 0.727. The number of nitrogens with one attached hydrogen (secondary N) is 1. The number of aliphatic imine (C=N–C) groups is 1. The molecule has 0 amide bonds. The highest BCUT2D eigenvalue weighted by molar-refractivity contribution is 5.78. The fraction of sp³-hybridized carbons (Fsp3) is 0.500. The second-order valence-corrected chi connectivity index (χ2v) is 5.48. The first-order valence-electron chi connectivity index (χ1n) is 6.26. The van der Waals surface area contributed by atoms with E-state index >= 15 is 0 Å². The van der Waals surface area contributed by atoms with Gasteiger partial charge in [0.05, 0.1) is 6.54 Å². The lowest BCUT2D eigenvalue weighted by molar-refractivity contribution is 0.230. The SMILES string of the molecule is CC(CN=C(N)NC(C)(C)C)Oc1ccc(F)cc1. The molecule has 1 unspecified atom stereocenters. The van der Waals surface area contributed by atoms with Crippen molar-refractivity contribution in [2.45, 2.75) is 39.3 Å². The van der Waals surface area contributed by atoms with Crippen molar-refractivity contribution in [3.8, 4) is 5.75 Å². The highest BCUT2D eigenvalue weighted by Gasteiger charge is 2.10. The molecule has 0 aromatic heterocycles. The van der Waals surface area contributed by atoms with Gasteiger partial charge in [0.15, 0.2) is 5.96 Å². The molecule has 0 saturated carbocycles. The maximum atomic E-state index is 12.7. The molecule has 19 heavy (non-hydrogen) atoms. The molecule has 106 valence electrons. The second kappa shape index (κ2) is 6.41. The normalized spacial score (nSPS) is 14.1. The zero-order valence-electron chi connectivity index (χ0n) is 11.9. The van der Waals surface area contributed by atoms with Crippen LogP contribution in [0, 0.1) is 5.82 Å². The molecule has 1 aromatic rings. The van der Waals surface area contributed by atoms with Gasteiger partial charge in [0, 0.05) is 5.54 Å². The summed E-state index contributed by atoms with van der Waals surface area (Å²) in [7, 11) is 0. The molecule has 0 aliphatic rings. The van der Waals surface area contributed by atoms with Gasteiger partial charge < -0.3 is 15.8 Å². The quantitative estimate of drug-likeness (QED) is 0.650. The molecule has 5 heteroatoms. The van der Waals surface area contributed by atoms with Crippen LogP contribution >= 0.6 is 0 Å². The smallest absolute Gasteiger partial charge is 0.189 e. The highest BCUT2D eigenvalue weighted by Crippen LogP contribution is 2.13. The van der Waals surface area contributed by atoms with E-state index in [9.17, 15) is 4.39 Å². The van der Waals surface area contributed by atoms with Gasteiger partial charge in [0.1, 0.15) is 17.7 Å².